The van der Waals surface area contributed by atoms with E-state index in [1.807, 2.05) is 23.1 Å². The molecule has 0 aliphatic carbocycles. The highest BCUT2D eigenvalue weighted by Gasteiger charge is 2.31. The monoisotopic (exact) mass is 462 g/mol. The number of ether oxygens (including phenoxy) is 2. The molecule has 4 rings (SSSR count). The molecule has 174 valence electrons. The van der Waals surface area contributed by atoms with Crippen molar-refractivity contribution in [3.63, 3.8) is 0 Å². The van der Waals surface area contributed by atoms with E-state index in [1.165, 1.54) is 8.99 Å². The number of hydrogen-bond donors (Lipinski definition) is 0. The number of sulfonamides is 1. The van der Waals surface area contributed by atoms with E-state index < -0.39 is 15.3 Å². The maximum atomic E-state index is 13.4. The summed E-state index contributed by atoms with van der Waals surface area (Å²) in [4.78, 5) is 15.4. The normalized spacial score (nSPS) is 18.2. The Morgan fingerprint density at radius 3 is 2.34 bits per heavy atom. The number of fused-ring (bicyclic) bond motifs is 4. The third kappa shape index (κ3) is 4.47. The van der Waals surface area contributed by atoms with E-state index in [4.69, 9.17) is 9.47 Å². The number of aromatic nitrogens is 2. The van der Waals surface area contributed by atoms with Gasteiger partial charge in [0.25, 0.3) is 0 Å². The predicted octanol–water partition coefficient (Wildman–Crippen LogP) is 2.03. The molecule has 3 heterocycles. The van der Waals surface area contributed by atoms with Gasteiger partial charge in [0.05, 0.1) is 24.7 Å². The van der Waals surface area contributed by atoms with Gasteiger partial charge in [0.1, 0.15) is 17.1 Å². The molecule has 2 aromatic rings. The summed E-state index contributed by atoms with van der Waals surface area (Å²) in [6.45, 7) is 6.02. The fourth-order valence-electron chi connectivity index (χ4n) is 3.93. The van der Waals surface area contributed by atoms with E-state index in [9.17, 15) is 13.2 Å². The van der Waals surface area contributed by atoms with E-state index in [-0.39, 0.29) is 11.3 Å². The second kappa shape index (κ2) is 9.50. The maximum absolute atomic E-state index is 13.4. The van der Waals surface area contributed by atoms with Crippen LogP contribution >= 0.6 is 0 Å². The van der Waals surface area contributed by atoms with Crippen molar-refractivity contribution in [3.05, 3.63) is 40.8 Å². The molecule has 1 aromatic carbocycles. The van der Waals surface area contributed by atoms with Crippen LogP contribution in [0.15, 0.2) is 35.3 Å². The number of benzene rings is 1. The molecule has 0 spiro atoms. The van der Waals surface area contributed by atoms with Crippen LogP contribution in [0.1, 0.15) is 33.1 Å². The summed E-state index contributed by atoms with van der Waals surface area (Å²) in [6, 6.07) is 7.34. The maximum Gasteiger partial charge on any atom is 0.316 e. The molecular weight excluding hydrogens is 432 g/mol. The molecule has 10 heteroatoms. The molecule has 0 atom stereocenters. The Morgan fingerprint density at radius 1 is 0.938 bits per heavy atom. The number of piperazine rings is 1. The Bertz CT molecular complexity index is 1110. The minimum absolute atomic E-state index is 0.246. The number of anilines is 1. The molecule has 1 fully saturated rings. The number of hydrogen-bond acceptors (Lipinski definition) is 7. The van der Waals surface area contributed by atoms with Crippen molar-refractivity contribution in [3.8, 4) is 17.2 Å². The van der Waals surface area contributed by atoms with Crippen LogP contribution in [0.25, 0.3) is 5.69 Å². The third-order valence-corrected chi connectivity index (χ3v) is 8.11. The largest absolute Gasteiger partial charge is 0.491 e. The van der Waals surface area contributed by atoms with E-state index in [1.54, 1.807) is 26.1 Å². The minimum atomic E-state index is -3.31. The van der Waals surface area contributed by atoms with E-state index in [0.717, 1.165) is 19.3 Å². The van der Waals surface area contributed by atoms with E-state index >= 15 is 0 Å². The van der Waals surface area contributed by atoms with Crippen LogP contribution in [-0.2, 0) is 10.0 Å². The average Bonchev–Trinajstić information content (AvgIpc) is 2.79. The zero-order valence-electron chi connectivity index (χ0n) is 18.6. The molecule has 2 aliphatic heterocycles. The van der Waals surface area contributed by atoms with Crippen molar-refractivity contribution in [2.45, 2.75) is 38.4 Å². The quantitative estimate of drug-likeness (QED) is 0.689. The topological polar surface area (TPSA) is 94.0 Å². The van der Waals surface area contributed by atoms with Crippen molar-refractivity contribution in [1.29, 1.82) is 0 Å². The molecular formula is C22H30N4O5S. The van der Waals surface area contributed by atoms with Crippen molar-refractivity contribution < 1.29 is 17.9 Å². The first kappa shape index (κ1) is 22.6. The average molecular weight is 463 g/mol. The van der Waals surface area contributed by atoms with Crippen molar-refractivity contribution in [2.75, 3.05) is 44.3 Å². The van der Waals surface area contributed by atoms with Crippen LogP contribution in [0.2, 0.25) is 0 Å². The summed E-state index contributed by atoms with van der Waals surface area (Å²) in [6.07, 6.45) is 4.27. The highest BCUT2D eigenvalue weighted by atomic mass is 32.2. The molecule has 0 saturated carbocycles. The first-order valence-corrected chi connectivity index (χ1v) is 12.6. The van der Waals surface area contributed by atoms with E-state index in [2.05, 4.69) is 5.10 Å². The number of nitrogens with zero attached hydrogens (tertiary/aromatic N) is 4. The lowest BCUT2D eigenvalue weighted by atomic mass is 10.2. The first-order valence-electron chi connectivity index (χ1n) is 11.1. The lowest BCUT2D eigenvalue weighted by Crippen LogP contribution is -2.50. The summed E-state index contributed by atoms with van der Waals surface area (Å²) < 4.78 is 39.7. The Kier molecular flexibility index (Phi) is 6.71. The molecule has 1 saturated heterocycles. The molecule has 9 nitrogen and oxygen atoms in total. The lowest BCUT2D eigenvalue weighted by Gasteiger charge is -2.36. The van der Waals surface area contributed by atoms with Gasteiger partial charge in [0.2, 0.25) is 15.8 Å². The van der Waals surface area contributed by atoms with Gasteiger partial charge in [0.15, 0.2) is 0 Å². The van der Waals surface area contributed by atoms with E-state index in [0.29, 0.717) is 56.5 Å². The van der Waals surface area contributed by atoms with Gasteiger partial charge >= 0.3 is 5.56 Å². The predicted molar refractivity (Wildman–Crippen MR) is 123 cm³/mol. The van der Waals surface area contributed by atoms with Gasteiger partial charge in [-0.3, -0.25) is 4.79 Å². The van der Waals surface area contributed by atoms with Crippen molar-refractivity contribution in [1.82, 2.24) is 14.1 Å². The minimum Gasteiger partial charge on any atom is -0.491 e. The molecule has 0 amide bonds. The Labute approximate surface area is 188 Å². The first-order chi connectivity index (χ1) is 15.4. The summed E-state index contributed by atoms with van der Waals surface area (Å²) in [5.74, 6) is 0.851. The molecule has 2 aliphatic rings. The third-order valence-electron chi connectivity index (χ3n) is 5.84. The fourth-order valence-corrected chi connectivity index (χ4v) is 5.20. The Morgan fingerprint density at radius 2 is 1.62 bits per heavy atom. The van der Waals surface area contributed by atoms with Crippen LogP contribution in [0.3, 0.4) is 0 Å². The van der Waals surface area contributed by atoms with Crippen LogP contribution in [0.5, 0.6) is 11.5 Å². The van der Waals surface area contributed by atoms with Gasteiger partial charge in [-0.25, -0.2) is 8.42 Å². The summed E-state index contributed by atoms with van der Waals surface area (Å²) >= 11 is 0. The van der Waals surface area contributed by atoms with Crippen LogP contribution in [0.4, 0.5) is 5.69 Å². The van der Waals surface area contributed by atoms with Gasteiger partial charge in [0, 0.05) is 26.2 Å². The van der Waals surface area contributed by atoms with Crippen LogP contribution in [-0.4, -0.2) is 67.1 Å². The molecule has 0 unspecified atom stereocenters. The fraction of sp³-hybridized carbons (Fsp3) is 0.545. The van der Waals surface area contributed by atoms with Gasteiger partial charge in [-0.15, -0.1) is 0 Å². The van der Waals surface area contributed by atoms with Gasteiger partial charge < -0.3 is 14.4 Å². The molecule has 2 bridgehead atoms. The molecule has 0 radical (unpaired) electrons. The Hall–Kier alpha value is -2.59. The van der Waals surface area contributed by atoms with Gasteiger partial charge in [-0.1, -0.05) is 12.1 Å². The Balaban J connectivity index is 1.67. The molecule has 1 aromatic heterocycles. The zero-order valence-corrected chi connectivity index (χ0v) is 19.4. The highest BCUT2D eigenvalue weighted by molar-refractivity contribution is 7.89. The summed E-state index contributed by atoms with van der Waals surface area (Å²) in [5, 5.41) is 3.96. The van der Waals surface area contributed by atoms with Gasteiger partial charge in [-0.05, 0) is 45.2 Å². The second-order valence-corrected chi connectivity index (χ2v) is 10.8. The smallest absolute Gasteiger partial charge is 0.316 e. The summed E-state index contributed by atoms with van der Waals surface area (Å²) in [7, 11) is -3.31. The van der Waals surface area contributed by atoms with Gasteiger partial charge in [-0.2, -0.15) is 14.1 Å². The standard InChI is InChI=1S/C22H30N4O5S/c1-17(2)32(28,29)25-12-10-24(11-13-25)19-16-23-26-18-8-4-5-9-20(18)30-14-6-3-7-15-31-21(19)22(26)27/h4-5,8-9,16-17H,3,6-7,10-15H2,1-2H3. The number of para-hydroxylation sites is 2. The lowest BCUT2D eigenvalue weighted by molar-refractivity contribution is 0.271. The van der Waals surface area contributed by atoms with Crippen molar-refractivity contribution >= 4 is 15.7 Å². The molecule has 0 N–H and O–H groups in total. The second-order valence-electron chi connectivity index (χ2n) is 8.28. The van der Waals surface area contributed by atoms with Crippen LogP contribution in [0, 0.1) is 0 Å². The zero-order chi connectivity index (χ0) is 22.7. The SMILES string of the molecule is CC(C)S(=O)(=O)N1CCN(c2cnn3c(=O)c2OCCCCCOc2ccccc2-3)CC1. The van der Waals surface area contributed by atoms with Crippen molar-refractivity contribution in [2.24, 2.45) is 0 Å². The number of rotatable bonds is 3. The highest BCUT2D eigenvalue weighted by Crippen LogP contribution is 2.28. The molecule has 32 heavy (non-hydrogen) atoms. The summed E-state index contributed by atoms with van der Waals surface area (Å²) in [5.41, 5.74) is 0.821. The van der Waals surface area contributed by atoms with Crippen LogP contribution < -0.4 is 19.9 Å².